The fraction of sp³-hybridized carbons (Fsp3) is 0.611. The van der Waals surface area contributed by atoms with Gasteiger partial charge in [0, 0.05) is 41.9 Å². The van der Waals surface area contributed by atoms with E-state index < -0.39 is 7.27 Å². The van der Waals surface area contributed by atoms with Gasteiger partial charge in [-0.1, -0.05) is 145 Å². The summed E-state index contributed by atoms with van der Waals surface area (Å²) in [7, 11) is -0.869. The van der Waals surface area contributed by atoms with Crippen LogP contribution >= 0.6 is 18.5 Å². The number of hydrogen-bond donors (Lipinski definition) is 0. The summed E-state index contributed by atoms with van der Waals surface area (Å²) in [5, 5.41) is 0. The SMILES string of the molecule is CC(C)c1cccc(C(C)C)c1N=C(CP(Cl)CC(=Nc1c(C(C)C)cccc1C(C)C)C(C)(C)C)C(C)(C)C. The average molecular weight is 583 g/mol. The molecule has 4 heteroatoms. The summed E-state index contributed by atoms with van der Waals surface area (Å²) >= 11 is 7.33. The molecule has 0 radical (unpaired) electrons. The highest BCUT2D eigenvalue weighted by Crippen LogP contribution is 2.47. The zero-order valence-electron chi connectivity index (χ0n) is 27.9. The van der Waals surface area contributed by atoms with Crippen molar-refractivity contribution in [3.8, 4) is 0 Å². The summed E-state index contributed by atoms with van der Waals surface area (Å²) in [4.78, 5) is 10.9. The molecule has 222 valence electrons. The van der Waals surface area contributed by atoms with E-state index in [9.17, 15) is 0 Å². The Kier molecular flexibility index (Phi) is 12.2. The first-order chi connectivity index (χ1) is 18.3. The summed E-state index contributed by atoms with van der Waals surface area (Å²) in [6, 6.07) is 13.3. The van der Waals surface area contributed by atoms with Crippen molar-refractivity contribution in [2.45, 2.75) is 121 Å². The number of halogens is 1. The van der Waals surface area contributed by atoms with E-state index in [0.29, 0.717) is 23.7 Å². The molecular formula is C36H56ClN2P. The van der Waals surface area contributed by atoms with Gasteiger partial charge >= 0.3 is 0 Å². The van der Waals surface area contributed by atoms with Gasteiger partial charge in [-0.15, -0.1) is 0 Å². The molecule has 0 saturated heterocycles. The Morgan fingerprint density at radius 3 is 1.02 bits per heavy atom. The third-order valence-corrected chi connectivity index (χ3v) is 9.56. The van der Waals surface area contributed by atoms with Crippen molar-refractivity contribution in [3.63, 3.8) is 0 Å². The van der Waals surface area contributed by atoms with Crippen LogP contribution < -0.4 is 0 Å². The number of benzene rings is 2. The monoisotopic (exact) mass is 582 g/mol. The average Bonchev–Trinajstić information content (AvgIpc) is 2.81. The van der Waals surface area contributed by atoms with Crippen molar-refractivity contribution in [3.05, 3.63) is 58.7 Å². The van der Waals surface area contributed by atoms with Crippen molar-refractivity contribution in [2.75, 3.05) is 12.3 Å². The molecule has 2 aromatic carbocycles. The van der Waals surface area contributed by atoms with E-state index in [2.05, 4.69) is 133 Å². The first-order valence-electron chi connectivity index (χ1n) is 15.2. The lowest BCUT2D eigenvalue weighted by atomic mass is 9.89. The maximum absolute atomic E-state index is 7.33. The van der Waals surface area contributed by atoms with E-state index in [1.54, 1.807) is 0 Å². The van der Waals surface area contributed by atoms with E-state index >= 15 is 0 Å². The first-order valence-corrected chi connectivity index (χ1v) is 17.8. The Hall–Kier alpha value is -1.50. The van der Waals surface area contributed by atoms with Gasteiger partial charge in [-0.2, -0.15) is 0 Å². The van der Waals surface area contributed by atoms with Gasteiger partial charge in [-0.25, -0.2) is 0 Å². The third kappa shape index (κ3) is 9.25. The third-order valence-electron chi connectivity index (χ3n) is 7.55. The van der Waals surface area contributed by atoms with Gasteiger partial charge in [0.1, 0.15) is 0 Å². The normalized spacial score (nSPS) is 14.7. The molecule has 40 heavy (non-hydrogen) atoms. The van der Waals surface area contributed by atoms with E-state index in [4.69, 9.17) is 21.2 Å². The predicted molar refractivity (Wildman–Crippen MR) is 185 cm³/mol. The molecule has 0 heterocycles. The van der Waals surface area contributed by atoms with Crippen LogP contribution in [0.25, 0.3) is 0 Å². The molecule has 2 rings (SSSR count). The largest absolute Gasteiger partial charge is 0.256 e. The van der Waals surface area contributed by atoms with Gasteiger partial charge in [0.25, 0.3) is 0 Å². The van der Waals surface area contributed by atoms with Crippen LogP contribution in [0.5, 0.6) is 0 Å². The summed E-state index contributed by atoms with van der Waals surface area (Å²) in [5.74, 6) is 1.64. The van der Waals surface area contributed by atoms with Crippen LogP contribution in [0.4, 0.5) is 11.4 Å². The van der Waals surface area contributed by atoms with Crippen LogP contribution in [0.15, 0.2) is 46.4 Å². The molecule has 0 N–H and O–H groups in total. The van der Waals surface area contributed by atoms with E-state index in [1.165, 1.54) is 33.7 Å². The molecule has 0 bridgehead atoms. The summed E-state index contributed by atoms with van der Waals surface area (Å²) in [5.41, 5.74) is 9.76. The molecule has 0 fully saturated rings. The van der Waals surface area contributed by atoms with Gasteiger partial charge in [0.15, 0.2) is 0 Å². The van der Waals surface area contributed by atoms with Gasteiger partial charge < -0.3 is 0 Å². The quantitative estimate of drug-likeness (QED) is 0.196. The van der Waals surface area contributed by atoms with Gasteiger partial charge in [-0.3, -0.25) is 9.98 Å². The molecule has 0 aliphatic heterocycles. The van der Waals surface area contributed by atoms with Crippen LogP contribution in [0.2, 0.25) is 0 Å². The highest BCUT2D eigenvalue weighted by Gasteiger charge is 2.28. The zero-order chi connectivity index (χ0) is 30.6. The Balaban J connectivity index is 2.60. The molecule has 0 saturated carbocycles. The minimum atomic E-state index is -0.869. The van der Waals surface area contributed by atoms with E-state index in [1.807, 2.05) is 0 Å². The van der Waals surface area contributed by atoms with E-state index in [0.717, 1.165) is 23.7 Å². The summed E-state index contributed by atoms with van der Waals surface area (Å²) < 4.78 is 0. The predicted octanol–water partition coefficient (Wildman–Crippen LogP) is 12.8. The highest BCUT2D eigenvalue weighted by atomic mass is 35.7. The zero-order valence-corrected chi connectivity index (χ0v) is 29.6. The second-order valence-corrected chi connectivity index (χ2v) is 17.6. The second-order valence-electron chi connectivity index (χ2n) is 14.6. The van der Waals surface area contributed by atoms with Crippen LogP contribution in [0, 0.1) is 10.8 Å². The second kappa shape index (κ2) is 14.1. The standard InChI is InChI=1S/C36H56ClN2P/c1-23(2)27-17-15-18-28(24(3)4)33(27)38-31(35(9,10)11)21-40(37)22-32(36(12,13)14)39-34-29(25(5)6)19-16-20-30(34)26(7)8/h15-20,23-26H,21-22H2,1-14H3. The Bertz CT molecular complexity index is 1040. The molecule has 2 aromatic rings. The van der Waals surface area contributed by atoms with E-state index in [-0.39, 0.29) is 10.8 Å². The number of rotatable bonds is 10. The lowest BCUT2D eigenvalue weighted by Crippen LogP contribution is -2.26. The van der Waals surface area contributed by atoms with Gasteiger partial charge in [-0.05, 0) is 45.9 Å². The maximum atomic E-state index is 7.33. The molecule has 0 aliphatic carbocycles. The van der Waals surface area contributed by atoms with Crippen molar-refractivity contribution < 1.29 is 0 Å². The van der Waals surface area contributed by atoms with Crippen molar-refractivity contribution in [1.82, 2.24) is 0 Å². The molecule has 2 nitrogen and oxygen atoms in total. The van der Waals surface area contributed by atoms with Crippen LogP contribution in [-0.2, 0) is 0 Å². The molecule has 0 unspecified atom stereocenters. The molecular weight excluding hydrogens is 527 g/mol. The van der Waals surface area contributed by atoms with Crippen LogP contribution in [0.1, 0.15) is 143 Å². The molecule has 0 spiro atoms. The summed E-state index contributed by atoms with van der Waals surface area (Å²) in [6.45, 7) is 31.7. The fourth-order valence-corrected chi connectivity index (χ4v) is 7.34. The number of para-hydroxylation sites is 2. The maximum Gasteiger partial charge on any atom is 0.0698 e. The van der Waals surface area contributed by atoms with Gasteiger partial charge in [0.2, 0.25) is 0 Å². The fourth-order valence-electron chi connectivity index (χ4n) is 4.81. The minimum Gasteiger partial charge on any atom is -0.256 e. The lowest BCUT2D eigenvalue weighted by Gasteiger charge is -2.28. The van der Waals surface area contributed by atoms with Crippen LogP contribution in [-0.4, -0.2) is 23.7 Å². The van der Waals surface area contributed by atoms with Crippen LogP contribution in [0.3, 0.4) is 0 Å². The Labute approximate surface area is 253 Å². The number of nitrogens with zero attached hydrogens (tertiary/aromatic N) is 2. The lowest BCUT2D eigenvalue weighted by molar-refractivity contribution is 0.587. The van der Waals surface area contributed by atoms with Crippen molar-refractivity contribution in [1.29, 1.82) is 0 Å². The van der Waals surface area contributed by atoms with Gasteiger partial charge in [0.05, 0.1) is 11.4 Å². The Morgan fingerprint density at radius 2 is 0.825 bits per heavy atom. The number of hydrogen-bond acceptors (Lipinski definition) is 2. The van der Waals surface area contributed by atoms with Crippen molar-refractivity contribution >= 4 is 41.3 Å². The highest BCUT2D eigenvalue weighted by molar-refractivity contribution is 7.85. The van der Waals surface area contributed by atoms with Crippen molar-refractivity contribution in [2.24, 2.45) is 20.8 Å². The topological polar surface area (TPSA) is 24.7 Å². The minimum absolute atomic E-state index is 0.0814. The number of aliphatic imine (C=N–C) groups is 2. The molecule has 0 aromatic heterocycles. The molecule has 0 atom stereocenters. The Morgan fingerprint density at radius 1 is 0.575 bits per heavy atom. The molecule has 0 aliphatic rings. The first kappa shape index (κ1) is 34.7. The summed E-state index contributed by atoms with van der Waals surface area (Å²) in [6.07, 6.45) is 1.59. The molecule has 0 amide bonds. The smallest absolute Gasteiger partial charge is 0.0698 e.